The van der Waals surface area contributed by atoms with Crippen LogP contribution in [0.1, 0.15) is 10.6 Å². The molecule has 0 fully saturated rings. The fourth-order valence-corrected chi connectivity index (χ4v) is 4.16. The molecule has 4 aromatic rings. The van der Waals surface area contributed by atoms with E-state index in [9.17, 15) is 15.3 Å². The Labute approximate surface area is 181 Å². The molecule has 2 aromatic carbocycles. The predicted octanol–water partition coefficient (Wildman–Crippen LogP) is 5.84. The molecule has 0 aliphatic carbocycles. The lowest BCUT2D eigenvalue weighted by Gasteiger charge is -2.08. The van der Waals surface area contributed by atoms with Gasteiger partial charge in [0.15, 0.2) is 0 Å². The molecule has 0 aliphatic rings. The number of aromatic nitrogens is 2. The van der Waals surface area contributed by atoms with Gasteiger partial charge in [-0.05, 0) is 41.4 Å². The van der Waals surface area contributed by atoms with E-state index < -0.39 is 4.92 Å². The zero-order valence-electron chi connectivity index (χ0n) is 15.4. The minimum absolute atomic E-state index is 0.0964. The molecule has 30 heavy (non-hydrogen) atoms. The van der Waals surface area contributed by atoms with Gasteiger partial charge in [-0.25, -0.2) is 4.73 Å². The minimum Gasteiger partial charge on any atom is -0.710 e. The van der Waals surface area contributed by atoms with E-state index >= 15 is 0 Å². The molecule has 0 radical (unpaired) electrons. The van der Waals surface area contributed by atoms with Crippen molar-refractivity contribution in [3.8, 4) is 21.8 Å². The molecule has 0 amide bonds. The third kappa shape index (κ3) is 4.07. The lowest BCUT2D eigenvalue weighted by atomic mass is 10.2. The second-order valence-corrected chi connectivity index (χ2v) is 7.83. The maximum atomic E-state index is 12.8. The quantitative estimate of drug-likeness (QED) is 0.170. The van der Waals surface area contributed by atoms with Gasteiger partial charge >= 0.3 is 5.82 Å². The van der Waals surface area contributed by atoms with E-state index in [1.165, 1.54) is 24.4 Å². The number of non-ortho nitro benzene ring substituents is 1. The monoisotopic (exact) mass is 435 g/mol. The third-order valence-electron chi connectivity index (χ3n) is 4.37. The number of rotatable bonds is 5. The summed E-state index contributed by atoms with van der Waals surface area (Å²) in [5.74, 6) is 0.101. The minimum atomic E-state index is -0.504. The smallest absolute Gasteiger partial charge is 0.333 e. The lowest BCUT2D eigenvalue weighted by Crippen LogP contribution is -2.33. The van der Waals surface area contributed by atoms with Crippen molar-refractivity contribution in [2.75, 3.05) is 0 Å². The SMILES string of the molecule is O=[N+]([O-])c1cccc(-c2nccc(/C=C/c3ccc(-c4ccccc4Cl)s3)[n+]2[O-])c1. The van der Waals surface area contributed by atoms with Crippen molar-refractivity contribution < 1.29 is 9.65 Å². The van der Waals surface area contributed by atoms with E-state index in [4.69, 9.17) is 11.6 Å². The Morgan fingerprint density at radius 3 is 2.67 bits per heavy atom. The number of halogens is 1. The summed E-state index contributed by atoms with van der Waals surface area (Å²) < 4.78 is 0.665. The Morgan fingerprint density at radius 1 is 1.03 bits per heavy atom. The maximum absolute atomic E-state index is 12.8. The fraction of sp³-hybridized carbons (Fsp3) is 0. The molecule has 0 bridgehead atoms. The number of nitro benzene ring substituents is 1. The average molecular weight is 436 g/mol. The second kappa shape index (κ2) is 8.44. The largest absolute Gasteiger partial charge is 0.710 e. The summed E-state index contributed by atoms with van der Waals surface area (Å²) in [5.41, 5.74) is 1.62. The zero-order valence-corrected chi connectivity index (χ0v) is 17.0. The van der Waals surface area contributed by atoms with Crippen LogP contribution < -0.4 is 4.73 Å². The van der Waals surface area contributed by atoms with E-state index in [-0.39, 0.29) is 11.5 Å². The van der Waals surface area contributed by atoms with Gasteiger partial charge in [0.25, 0.3) is 5.69 Å². The van der Waals surface area contributed by atoms with E-state index in [1.54, 1.807) is 29.5 Å². The first-order valence-electron chi connectivity index (χ1n) is 8.89. The number of benzene rings is 2. The zero-order chi connectivity index (χ0) is 21.1. The third-order valence-corrected chi connectivity index (χ3v) is 5.78. The molecule has 4 rings (SSSR count). The van der Waals surface area contributed by atoms with Gasteiger partial charge in [-0.3, -0.25) is 10.1 Å². The first-order valence-corrected chi connectivity index (χ1v) is 10.1. The number of thiophene rings is 1. The van der Waals surface area contributed by atoms with Crippen LogP contribution in [0, 0.1) is 15.3 Å². The van der Waals surface area contributed by atoms with Gasteiger partial charge in [0.2, 0.25) is 0 Å². The molecule has 0 aliphatic heterocycles. The number of nitrogens with zero attached hydrogens (tertiary/aromatic N) is 3. The summed E-state index contributed by atoms with van der Waals surface area (Å²) in [6.45, 7) is 0. The highest BCUT2D eigenvalue weighted by Gasteiger charge is 2.16. The second-order valence-electron chi connectivity index (χ2n) is 6.31. The van der Waals surface area contributed by atoms with Crippen molar-refractivity contribution in [1.82, 2.24) is 4.98 Å². The molecule has 0 spiro atoms. The van der Waals surface area contributed by atoms with Crippen LogP contribution in [0.5, 0.6) is 0 Å². The summed E-state index contributed by atoms with van der Waals surface area (Å²) in [6.07, 6.45) is 5.04. The van der Waals surface area contributed by atoms with Gasteiger partial charge in [-0.1, -0.05) is 35.9 Å². The summed E-state index contributed by atoms with van der Waals surface area (Å²) >= 11 is 7.82. The molecule has 6 nitrogen and oxygen atoms in total. The molecule has 0 saturated heterocycles. The Morgan fingerprint density at radius 2 is 1.87 bits per heavy atom. The number of hydrogen-bond acceptors (Lipinski definition) is 5. The van der Waals surface area contributed by atoms with Crippen LogP contribution >= 0.6 is 22.9 Å². The fourth-order valence-electron chi connectivity index (χ4n) is 2.92. The molecule has 0 unspecified atom stereocenters. The Kier molecular flexibility index (Phi) is 5.56. The molecule has 148 valence electrons. The Hall–Kier alpha value is -3.55. The lowest BCUT2D eigenvalue weighted by molar-refractivity contribution is -0.598. The molecule has 0 atom stereocenters. The molecule has 8 heteroatoms. The van der Waals surface area contributed by atoms with E-state index in [1.807, 2.05) is 42.5 Å². The highest BCUT2D eigenvalue weighted by molar-refractivity contribution is 7.16. The molecule has 0 saturated carbocycles. The van der Waals surface area contributed by atoms with Gasteiger partial charge in [-0.15, -0.1) is 11.3 Å². The number of nitro groups is 1. The van der Waals surface area contributed by atoms with Crippen molar-refractivity contribution in [3.63, 3.8) is 0 Å². The molecule has 2 heterocycles. The highest BCUT2D eigenvalue weighted by Crippen LogP contribution is 2.33. The van der Waals surface area contributed by atoms with Crippen molar-refractivity contribution in [3.05, 3.63) is 104 Å². The van der Waals surface area contributed by atoms with Crippen molar-refractivity contribution in [1.29, 1.82) is 0 Å². The van der Waals surface area contributed by atoms with Crippen molar-refractivity contribution >= 4 is 40.8 Å². The summed E-state index contributed by atoms with van der Waals surface area (Å²) in [5, 5.41) is 24.4. The topological polar surface area (TPSA) is 83.0 Å². The van der Waals surface area contributed by atoms with Gasteiger partial charge < -0.3 is 5.21 Å². The Bertz CT molecular complexity index is 1270. The first kappa shape index (κ1) is 19.8. The van der Waals surface area contributed by atoms with Gasteiger partial charge in [0.05, 0.1) is 10.5 Å². The Balaban J connectivity index is 1.63. The molecular weight excluding hydrogens is 422 g/mol. The van der Waals surface area contributed by atoms with Gasteiger partial charge in [-0.2, -0.15) is 0 Å². The van der Waals surface area contributed by atoms with Crippen LogP contribution in [0.25, 0.3) is 34.0 Å². The van der Waals surface area contributed by atoms with Crippen LogP contribution in [-0.4, -0.2) is 9.91 Å². The van der Waals surface area contributed by atoms with Gasteiger partial charge in [0.1, 0.15) is 11.9 Å². The van der Waals surface area contributed by atoms with Crippen LogP contribution in [0.15, 0.2) is 72.9 Å². The van der Waals surface area contributed by atoms with E-state index in [0.29, 0.717) is 21.0 Å². The van der Waals surface area contributed by atoms with Crippen LogP contribution in [0.4, 0.5) is 5.69 Å². The van der Waals surface area contributed by atoms with Gasteiger partial charge in [0, 0.05) is 38.5 Å². The summed E-state index contributed by atoms with van der Waals surface area (Å²) in [7, 11) is 0. The van der Waals surface area contributed by atoms with Crippen LogP contribution in [-0.2, 0) is 0 Å². The average Bonchev–Trinajstić information content (AvgIpc) is 3.22. The molecule has 2 aromatic heterocycles. The maximum Gasteiger partial charge on any atom is 0.333 e. The number of hydrogen-bond donors (Lipinski definition) is 0. The summed E-state index contributed by atoms with van der Waals surface area (Å²) in [4.78, 5) is 16.6. The van der Waals surface area contributed by atoms with Crippen molar-refractivity contribution in [2.45, 2.75) is 0 Å². The summed E-state index contributed by atoms with van der Waals surface area (Å²) in [6, 6.07) is 19.0. The van der Waals surface area contributed by atoms with Crippen LogP contribution in [0.2, 0.25) is 5.02 Å². The molecular formula is C22H14ClN3O3S. The van der Waals surface area contributed by atoms with Crippen molar-refractivity contribution in [2.24, 2.45) is 0 Å². The highest BCUT2D eigenvalue weighted by atomic mass is 35.5. The standard InChI is InChI=1S/C22H14ClN3O3S/c23-20-7-2-1-6-19(20)21-11-10-18(30-21)9-8-16-12-13-24-22(25(16)27)15-4-3-5-17(14-15)26(28)29/h1-14H/b9-8+. The van der Waals surface area contributed by atoms with Crippen LogP contribution in [0.3, 0.4) is 0 Å². The molecule has 0 N–H and O–H groups in total. The van der Waals surface area contributed by atoms with E-state index in [0.717, 1.165) is 15.3 Å². The predicted molar refractivity (Wildman–Crippen MR) is 119 cm³/mol. The van der Waals surface area contributed by atoms with E-state index in [2.05, 4.69) is 4.98 Å². The first-order chi connectivity index (χ1) is 14.5. The normalized spacial score (nSPS) is 11.1.